The molecule has 0 aliphatic heterocycles. The molecule has 1 rings (SSSR count). The number of carbonyl (C=O) groups is 1. The fourth-order valence-corrected chi connectivity index (χ4v) is 2.26. The molecule has 1 fully saturated rings. The maximum absolute atomic E-state index is 11.0. The number of nitrogens with one attached hydrogen (secondary N) is 1. The first-order valence-corrected chi connectivity index (χ1v) is 6.40. The van der Waals surface area contributed by atoms with Crippen molar-refractivity contribution in [3.05, 3.63) is 0 Å². The first-order valence-electron chi connectivity index (χ1n) is 6.40. The zero-order valence-electron chi connectivity index (χ0n) is 10.8. The highest BCUT2D eigenvalue weighted by Gasteiger charge is 2.29. The molecule has 0 aromatic heterocycles. The molecule has 0 radical (unpaired) electrons. The monoisotopic (exact) mass is 227 g/mol. The zero-order chi connectivity index (χ0) is 12.2. The largest absolute Gasteiger partial charge is 0.481 e. The van der Waals surface area contributed by atoms with Gasteiger partial charge in [-0.1, -0.05) is 26.2 Å². The fraction of sp³-hybridized carbons (Fsp3) is 0.923. The van der Waals surface area contributed by atoms with E-state index >= 15 is 0 Å². The minimum Gasteiger partial charge on any atom is -0.481 e. The van der Waals surface area contributed by atoms with E-state index in [1.165, 1.54) is 32.1 Å². The molecule has 0 aromatic carbocycles. The Balaban J connectivity index is 2.43. The van der Waals surface area contributed by atoms with Crippen molar-refractivity contribution in [3.8, 4) is 0 Å². The van der Waals surface area contributed by atoms with Gasteiger partial charge < -0.3 is 10.4 Å². The first-order chi connectivity index (χ1) is 7.43. The molecule has 2 unspecified atom stereocenters. The minimum absolute atomic E-state index is 0.501. The molecule has 16 heavy (non-hydrogen) atoms. The van der Waals surface area contributed by atoms with Gasteiger partial charge in [-0.25, -0.2) is 0 Å². The first kappa shape index (κ1) is 13.5. The Kier molecular flexibility index (Phi) is 4.78. The van der Waals surface area contributed by atoms with Gasteiger partial charge in [-0.05, 0) is 32.6 Å². The minimum atomic E-state index is -0.721. The summed E-state index contributed by atoms with van der Waals surface area (Å²) < 4.78 is 0. The van der Waals surface area contributed by atoms with Crippen molar-refractivity contribution in [2.75, 3.05) is 6.54 Å². The molecule has 94 valence electrons. The Morgan fingerprint density at radius 1 is 1.31 bits per heavy atom. The molecule has 2 atom stereocenters. The zero-order valence-corrected chi connectivity index (χ0v) is 10.8. The molecule has 2 N–H and O–H groups in total. The summed E-state index contributed by atoms with van der Waals surface area (Å²) >= 11 is 0. The summed E-state index contributed by atoms with van der Waals surface area (Å²) in [5.41, 5.74) is -0.661. The van der Waals surface area contributed by atoms with Crippen LogP contribution in [0.2, 0.25) is 0 Å². The van der Waals surface area contributed by atoms with Crippen molar-refractivity contribution in [1.82, 2.24) is 5.32 Å². The second-order valence-electron chi connectivity index (χ2n) is 5.79. The molecule has 0 bridgehead atoms. The van der Waals surface area contributed by atoms with Crippen LogP contribution in [0.15, 0.2) is 0 Å². The van der Waals surface area contributed by atoms with Crippen LogP contribution in [0.3, 0.4) is 0 Å². The maximum atomic E-state index is 11.0. The number of rotatable bonds is 4. The highest BCUT2D eigenvalue weighted by molar-refractivity contribution is 5.73. The second kappa shape index (κ2) is 5.67. The fourth-order valence-electron chi connectivity index (χ4n) is 2.26. The van der Waals surface area contributed by atoms with Gasteiger partial charge in [-0.15, -0.1) is 0 Å². The third-order valence-electron chi connectivity index (χ3n) is 3.75. The number of hydrogen-bond acceptors (Lipinski definition) is 2. The van der Waals surface area contributed by atoms with Crippen LogP contribution >= 0.6 is 0 Å². The molecule has 0 amide bonds. The van der Waals surface area contributed by atoms with Gasteiger partial charge in [0.05, 0.1) is 5.41 Å². The standard InChI is InChI=1S/C13H25NO2/c1-10-7-5-4-6-8-11(10)14-9-13(2,3)12(15)16/h10-11,14H,4-9H2,1-3H3,(H,15,16). The third-order valence-corrected chi connectivity index (χ3v) is 3.75. The molecule has 0 heterocycles. The average molecular weight is 227 g/mol. The van der Waals surface area contributed by atoms with Gasteiger partial charge in [-0.3, -0.25) is 4.79 Å². The summed E-state index contributed by atoms with van der Waals surface area (Å²) in [6.07, 6.45) is 6.38. The van der Waals surface area contributed by atoms with Crippen molar-refractivity contribution in [2.24, 2.45) is 11.3 Å². The predicted molar refractivity (Wildman–Crippen MR) is 65.5 cm³/mol. The third kappa shape index (κ3) is 3.78. The quantitative estimate of drug-likeness (QED) is 0.726. The Morgan fingerprint density at radius 3 is 2.56 bits per heavy atom. The molecule has 1 aliphatic carbocycles. The second-order valence-corrected chi connectivity index (χ2v) is 5.79. The van der Waals surface area contributed by atoms with Gasteiger partial charge in [0, 0.05) is 12.6 Å². The van der Waals surface area contributed by atoms with Crippen LogP contribution in [0.25, 0.3) is 0 Å². The van der Waals surface area contributed by atoms with E-state index in [4.69, 9.17) is 5.11 Å². The van der Waals surface area contributed by atoms with Crippen LogP contribution in [0.1, 0.15) is 52.9 Å². The molecule has 3 nitrogen and oxygen atoms in total. The number of carboxylic acid groups (broad SMARTS) is 1. The topological polar surface area (TPSA) is 49.3 Å². The Hall–Kier alpha value is -0.570. The van der Waals surface area contributed by atoms with E-state index in [1.807, 2.05) is 0 Å². The van der Waals surface area contributed by atoms with Gasteiger partial charge in [0.2, 0.25) is 0 Å². The summed E-state index contributed by atoms with van der Waals surface area (Å²) in [5, 5.41) is 12.5. The van der Waals surface area contributed by atoms with Crippen LogP contribution in [-0.2, 0) is 4.79 Å². The van der Waals surface area contributed by atoms with Crippen LogP contribution in [0, 0.1) is 11.3 Å². The molecule has 0 aromatic rings. The Bertz CT molecular complexity index is 238. The molecule has 0 spiro atoms. The number of aliphatic carboxylic acids is 1. The van der Waals surface area contributed by atoms with Crippen LogP contribution < -0.4 is 5.32 Å². The van der Waals surface area contributed by atoms with E-state index in [0.717, 1.165) is 0 Å². The van der Waals surface area contributed by atoms with Gasteiger partial charge in [0.25, 0.3) is 0 Å². The Labute approximate surface area is 98.6 Å². The van der Waals surface area contributed by atoms with E-state index in [0.29, 0.717) is 18.5 Å². The lowest BCUT2D eigenvalue weighted by molar-refractivity contribution is -0.146. The van der Waals surface area contributed by atoms with E-state index in [2.05, 4.69) is 12.2 Å². The molecular formula is C13H25NO2. The van der Waals surface area contributed by atoms with Crippen LogP contribution in [-0.4, -0.2) is 23.7 Å². The summed E-state index contributed by atoms with van der Waals surface area (Å²) in [6, 6.07) is 0.501. The van der Waals surface area contributed by atoms with E-state index < -0.39 is 11.4 Å². The van der Waals surface area contributed by atoms with Crippen molar-refractivity contribution in [1.29, 1.82) is 0 Å². The van der Waals surface area contributed by atoms with Crippen LogP contribution in [0.5, 0.6) is 0 Å². The van der Waals surface area contributed by atoms with Crippen molar-refractivity contribution >= 4 is 5.97 Å². The molecule has 1 aliphatic rings. The molecular weight excluding hydrogens is 202 g/mol. The van der Waals surface area contributed by atoms with Crippen molar-refractivity contribution < 1.29 is 9.90 Å². The summed E-state index contributed by atoms with van der Waals surface area (Å²) in [5.74, 6) is -0.0478. The molecule has 0 saturated heterocycles. The summed E-state index contributed by atoms with van der Waals surface area (Å²) in [4.78, 5) is 11.0. The highest BCUT2D eigenvalue weighted by atomic mass is 16.4. The van der Waals surface area contributed by atoms with Gasteiger partial charge in [0.15, 0.2) is 0 Å². The lowest BCUT2D eigenvalue weighted by Gasteiger charge is -2.27. The lowest BCUT2D eigenvalue weighted by Crippen LogP contribution is -2.43. The number of carboxylic acids is 1. The maximum Gasteiger partial charge on any atom is 0.310 e. The number of hydrogen-bond donors (Lipinski definition) is 2. The van der Waals surface area contributed by atoms with E-state index in [9.17, 15) is 4.79 Å². The van der Waals surface area contributed by atoms with Gasteiger partial charge in [-0.2, -0.15) is 0 Å². The molecule has 3 heteroatoms. The van der Waals surface area contributed by atoms with E-state index in [1.54, 1.807) is 13.8 Å². The lowest BCUT2D eigenvalue weighted by atomic mass is 9.91. The van der Waals surface area contributed by atoms with Crippen LogP contribution in [0.4, 0.5) is 0 Å². The summed E-state index contributed by atoms with van der Waals surface area (Å²) in [6.45, 7) is 6.40. The van der Waals surface area contributed by atoms with Gasteiger partial charge >= 0.3 is 5.97 Å². The normalized spacial score (nSPS) is 27.4. The smallest absolute Gasteiger partial charge is 0.310 e. The van der Waals surface area contributed by atoms with E-state index in [-0.39, 0.29) is 0 Å². The predicted octanol–water partition coefficient (Wildman–Crippen LogP) is 2.66. The average Bonchev–Trinajstić information content (AvgIpc) is 2.40. The Morgan fingerprint density at radius 2 is 1.94 bits per heavy atom. The highest BCUT2D eigenvalue weighted by Crippen LogP contribution is 2.24. The van der Waals surface area contributed by atoms with Crippen molar-refractivity contribution in [2.45, 2.75) is 58.9 Å². The summed E-state index contributed by atoms with van der Waals surface area (Å²) in [7, 11) is 0. The SMILES string of the molecule is CC1CCCCCC1NCC(C)(C)C(=O)O. The van der Waals surface area contributed by atoms with Crippen molar-refractivity contribution in [3.63, 3.8) is 0 Å². The molecule has 1 saturated carbocycles. The van der Waals surface area contributed by atoms with Gasteiger partial charge in [0.1, 0.15) is 0 Å².